The standard InChI is InChI=1S/C24H28ClN5O/c1-31-19-5-2-4-16(12-19)14-27-23-7-3-6-22(30-23)20-13-24(28-15-21(20)25)29-18-10-8-17(26)9-11-18/h2-7,12-13,15,17-18H,8-11,14,26H2,1H3,(H,27,30)(H,28,29)/t17-,18-. The van der Waals surface area contributed by atoms with Gasteiger partial charge in [0.25, 0.3) is 0 Å². The van der Waals surface area contributed by atoms with Gasteiger partial charge in [0.05, 0.1) is 17.8 Å². The SMILES string of the molecule is COc1cccc(CNc2cccc(-c3cc(N[C@H]4CC[C@H](N)CC4)ncc3Cl)n2)c1. The molecule has 0 radical (unpaired) electrons. The highest BCUT2D eigenvalue weighted by molar-refractivity contribution is 6.33. The van der Waals surface area contributed by atoms with E-state index < -0.39 is 0 Å². The summed E-state index contributed by atoms with van der Waals surface area (Å²) in [7, 11) is 1.67. The number of nitrogens with zero attached hydrogens (tertiary/aromatic N) is 2. The van der Waals surface area contributed by atoms with Gasteiger partial charge in [-0.05, 0) is 61.6 Å². The van der Waals surface area contributed by atoms with Gasteiger partial charge in [0.2, 0.25) is 0 Å². The molecule has 1 aromatic carbocycles. The molecule has 0 amide bonds. The zero-order valence-corrected chi connectivity index (χ0v) is 18.4. The fourth-order valence-corrected chi connectivity index (χ4v) is 4.04. The fourth-order valence-electron chi connectivity index (χ4n) is 3.84. The smallest absolute Gasteiger partial charge is 0.126 e. The molecule has 2 aromatic heterocycles. The number of ether oxygens (including phenoxy) is 1. The van der Waals surface area contributed by atoms with Crippen LogP contribution >= 0.6 is 11.6 Å². The van der Waals surface area contributed by atoms with Gasteiger partial charge in [0, 0.05) is 30.4 Å². The van der Waals surface area contributed by atoms with Crippen molar-refractivity contribution >= 4 is 23.2 Å². The summed E-state index contributed by atoms with van der Waals surface area (Å²) in [6.45, 7) is 0.647. The molecule has 7 heteroatoms. The largest absolute Gasteiger partial charge is 0.497 e. The van der Waals surface area contributed by atoms with Crippen molar-refractivity contribution in [1.82, 2.24) is 9.97 Å². The van der Waals surface area contributed by atoms with Crippen LogP contribution in [0.1, 0.15) is 31.2 Å². The summed E-state index contributed by atoms with van der Waals surface area (Å²) >= 11 is 6.47. The average molecular weight is 438 g/mol. The molecule has 0 aliphatic heterocycles. The van der Waals surface area contributed by atoms with Crippen LogP contribution in [0.25, 0.3) is 11.3 Å². The number of hydrogen-bond donors (Lipinski definition) is 3. The highest BCUT2D eigenvalue weighted by Gasteiger charge is 2.19. The van der Waals surface area contributed by atoms with Gasteiger partial charge in [0.15, 0.2) is 0 Å². The van der Waals surface area contributed by atoms with Crippen LogP contribution < -0.4 is 21.1 Å². The Kier molecular flexibility index (Phi) is 6.89. The number of nitrogens with one attached hydrogen (secondary N) is 2. The van der Waals surface area contributed by atoms with E-state index >= 15 is 0 Å². The zero-order chi connectivity index (χ0) is 21.6. The van der Waals surface area contributed by atoms with Crippen molar-refractivity contribution in [3.8, 4) is 17.0 Å². The van der Waals surface area contributed by atoms with E-state index in [1.165, 1.54) is 0 Å². The molecule has 1 fully saturated rings. The molecule has 2 heterocycles. The van der Waals surface area contributed by atoms with Crippen LogP contribution in [-0.2, 0) is 6.54 Å². The molecule has 1 aliphatic rings. The van der Waals surface area contributed by atoms with Crippen LogP contribution in [0.15, 0.2) is 54.7 Å². The van der Waals surface area contributed by atoms with Crippen LogP contribution in [0.4, 0.5) is 11.6 Å². The lowest BCUT2D eigenvalue weighted by atomic mass is 9.92. The van der Waals surface area contributed by atoms with Crippen molar-refractivity contribution in [2.24, 2.45) is 5.73 Å². The van der Waals surface area contributed by atoms with Crippen molar-refractivity contribution < 1.29 is 4.74 Å². The Morgan fingerprint density at radius 3 is 2.68 bits per heavy atom. The van der Waals surface area contributed by atoms with Crippen LogP contribution in [0.2, 0.25) is 5.02 Å². The van der Waals surface area contributed by atoms with Gasteiger partial charge in [-0.25, -0.2) is 9.97 Å². The van der Waals surface area contributed by atoms with E-state index in [-0.39, 0.29) is 0 Å². The van der Waals surface area contributed by atoms with E-state index in [0.717, 1.165) is 59.9 Å². The molecule has 0 unspecified atom stereocenters. The molecule has 162 valence electrons. The number of hydrogen-bond acceptors (Lipinski definition) is 6. The molecule has 31 heavy (non-hydrogen) atoms. The quantitative estimate of drug-likeness (QED) is 0.476. The first-order valence-corrected chi connectivity index (χ1v) is 11.0. The Balaban J connectivity index is 1.47. The number of halogens is 1. The second-order valence-corrected chi connectivity index (χ2v) is 8.33. The maximum Gasteiger partial charge on any atom is 0.126 e. The van der Waals surface area contributed by atoms with Crippen molar-refractivity contribution in [1.29, 1.82) is 0 Å². The van der Waals surface area contributed by atoms with E-state index in [0.29, 0.717) is 23.7 Å². The Morgan fingerprint density at radius 1 is 1.06 bits per heavy atom. The number of rotatable bonds is 7. The third-order valence-corrected chi connectivity index (χ3v) is 5.91. The number of aromatic nitrogens is 2. The van der Waals surface area contributed by atoms with Crippen LogP contribution in [0, 0.1) is 0 Å². The Labute approximate surface area is 188 Å². The van der Waals surface area contributed by atoms with E-state index in [1.807, 2.05) is 42.5 Å². The first-order valence-electron chi connectivity index (χ1n) is 10.6. The zero-order valence-electron chi connectivity index (χ0n) is 17.6. The van der Waals surface area contributed by atoms with E-state index in [4.69, 9.17) is 27.1 Å². The average Bonchev–Trinajstić information content (AvgIpc) is 2.81. The van der Waals surface area contributed by atoms with Gasteiger partial charge < -0.3 is 21.1 Å². The van der Waals surface area contributed by atoms with Crippen LogP contribution in [0.5, 0.6) is 5.75 Å². The lowest BCUT2D eigenvalue weighted by Crippen LogP contribution is -2.33. The summed E-state index contributed by atoms with van der Waals surface area (Å²) in [4.78, 5) is 9.22. The maximum absolute atomic E-state index is 6.47. The first-order chi connectivity index (χ1) is 15.1. The first kappa shape index (κ1) is 21.4. The Bertz CT molecular complexity index is 1020. The molecule has 3 aromatic rings. The lowest BCUT2D eigenvalue weighted by molar-refractivity contribution is 0.410. The van der Waals surface area contributed by atoms with Crippen LogP contribution in [-0.4, -0.2) is 29.2 Å². The third-order valence-electron chi connectivity index (χ3n) is 5.61. The fraction of sp³-hybridized carbons (Fsp3) is 0.333. The minimum absolute atomic E-state index is 0.322. The minimum Gasteiger partial charge on any atom is -0.497 e. The molecule has 0 atom stereocenters. The van der Waals surface area contributed by atoms with Gasteiger partial charge in [-0.3, -0.25) is 0 Å². The van der Waals surface area contributed by atoms with E-state index in [2.05, 4.69) is 21.7 Å². The van der Waals surface area contributed by atoms with Gasteiger partial charge in [-0.2, -0.15) is 0 Å². The second kappa shape index (κ2) is 9.98. The topological polar surface area (TPSA) is 85.1 Å². The summed E-state index contributed by atoms with van der Waals surface area (Å²) in [6.07, 6.45) is 5.89. The summed E-state index contributed by atoms with van der Waals surface area (Å²) in [5.74, 6) is 2.44. The molecule has 4 rings (SSSR count). The molecular formula is C24H28ClN5O. The number of pyridine rings is 2. The molecule has 4 N–H and O–H groups in total. The number of methoxy groups -OCH3 is 1. The lowest BCUT2D eigenvalue weighted by Gasteiger charge is -2.27. The van der Waals surface area contributed by atoms with Crippen LogP contribution in [0.3, 0.4) is 0 Å². The molecule has 0 saturated heterocycles. The Morgan fingerprint density at radius 2 is 1.87 bits per heavy atom. The molecule has 6 nitrogen and oxygen atoms in total. The van der Waals surface area contributed by atoms with Crippen molar-refractivity contribution in [3.63, 3.8) is 0 Å². The Hall–Kier alpha value is -2.83. The van der Waals surface area contributed by atoms with Crippen molar-refractivity contribution in [2.45, 2.75) is 44.3 Å². The highest BCUT2D eigenvalue weighted by Crippen LogP contribution is 2.30. The summed E-state index contributed by atoms with van der Waals surface area (Å²) in [5.41, 5.74) is 8.80. The van der Waals surface area contributed by atoms with Gasteiger partial charge >= 0.3 is 0 Å². The van der Waals surface area contributed by atoms with E-state index in [1.54, 1.807) is 13.3 Å². The number of anilines is 2. The highest BCUT2D eigenvalue weighted by atomic mass is 35.5. The van der Waals surface area contributed by atoms with E-state index in [9.17, 15) is 0 Å². The summed E-state index contributed by atoms with van der Waals surface area (Å²) in [6, 6.07) is 16.5. The van der Waals surface area contributed by atoms with Gasteiger partial charge in [0.1, 0.15) is 17.4 Å². The number of nitrogens with two attached hydrogens (primary N) is 1. The maximum atomic E-state index is 6.47. The van der Waals surface area contributed by atoms with Gasteiger partial charge in [-0.15, -0.1) is 0 Å². The third kappa shape index (κ3) is 5.66. The van der Waals surface area contributed by atoms with Gasteiger partial charge in [-0.1, -0.05) is 29.8 Å². The predicted molar refractivity (Wildman–Crippen MR) is 127 cm³/mol. The molecular weight excluding hydrogens is 410 g/mol. The molecule has 1 aliphatic carbocycles. The molecule has 0 bridgehead atoms. The number of benzene rings is 1. The normalized spacial score (nSPS) is 18.4. The summed E-state index contributed by atoms with van der Waals surface area (Å²) in [5, 5.41) is 7.48. The molecule has 1 saturated carbocycles. The minimum atomic E-state index is 0.322. The van der Waals surface area contributed by atoms with Crippen molar-refractivity contribution in [3.05, 3.63) is 65.3 Å². The second-order valence-electron chi connectivity index (χ2n) is 7.92. The predicted octanol–water partition coefficient (Wildman–Crippen LogP) is 5.10. The van der Waals surface area contributed by atoms with Crippen molar-refractivity contribution in [2.75, 3.05) is 17.7 Å². The summed E-state index contributed by atoms with van der Waals surface area (Å²) < 4.78 is 5.29. The monoisotopic (exact) mass is 437 g/mol. The molecule has 0 spiro atoms.